The van der Waals surface area contributed by atoms with Gasteiger partial charge < -0.3 is 34.3 Å². The summed E-state index contributed by atoms with van der Waals surface area (Å²) < 4.78 is 24.4. The van der Waals surface area contributed by atoms with Gasteiger partial charge in [0.05, 0.1) is 31.0 Å². The Balaban J connectivity index is 1.47. The second kappa shape index (κ2) is 14.6. The number of rotatable bonds is 12. The van der Waals surface area contributed by atoms with Crippen molar-refractivity contribution in [3.63, 3.8) is 0 Å². The molecule has 3 unspecified atom stereocenters. The summed E-state index contributed by atoms with van der Waals surface area (Å²) in [4.78, 5) is 0. The van der Waals surface area contributed by atoms with Crippen LogP contribution in [0.15, 0.2) is 42.5 Å². The average Bonchev–Trinajstić information content (AvgIpc) is 3.20. The Morgan fingerprint density at radius 2 is 1.72 bits per heavy atom. The molecule has 2 heterocycles. The van der Waals surface area contributed by atoms with Crippen molar-refractivity contribution < 1.29 is 34.3 Å². The summed E-state index contributed by atoms with van der Waals surface area (Å²) in [6.45, 7) is 1.11. The third-order valence-corrected chi connectivity index (χ3v) is 7.68. The average molecular weight is 505 g/mol. The summed E-state index contributed by atoms with van der Waals surface area (Å²) >= 11 is 0. The summed E-state index contributed by atoms with van der Waals surface area (Å²) in [5, 5.41) is 30.5. The van der Waals surface area contributed by atoms with Gasteiger partial charge in [-0.05, 0) is 69.3 Å². The number of benzene rings is 1. The number of aryl methyl sites for hydroxylation is 1. The van der Waals surface area contributed by atoms with Gasteiger partial charge in [-0.2, -0.15) is 0 Å². The van der Waals surface area contributed by atoms with Crippen molar-refractivity contribution in [3.8, 4) is 0 Å². The molecule has 7 nitrogen and oxygen atoms in total. The fraction of sp³-hybridized carbons (Fsp3) is 0.724. The molecule has 8 atom stereocenters. The van der Waals surface area contributed by atoms with Crippen LogP contribution in [-0.4, -0.2) is 72.1 Å². The van der Waals surface area contributed by atoms with Crippen LogP contribution in [-0.2, 0) is 25.4 Å². The molecule has 2 saturated heterocycles. The molecule has 0 radical (unpaired) electrons. The second-order valence-electron chi connectivity index (χ2n) is 10.5. The topological polar surface area (TPSA) is 97.6 Å². The van der Waals surface area contributed by atoms with E-state index in [1.165, 1.54) is 5.56 Å². The molecule has 4 rings (SSSR count). The first-order valence-electron chi connectivity index (χ1n) is 13.9. The zero-order valence-electron chi connectivity index (χ0n) is 21.3. The molecular weight excluding hydrogens is 460 g/mol. The van der Waals surface area contributed by atoms with Gasteiger partial charge >= 0.3 is 0 Å². The first-order valence-corrected chi connectivity index (χ1v) is 13.9. The molecule has 1 aliphatic carbocycles. The minimum atomic E-state index is -0.869. The van der Waals surface area contributed by atoms with E-state index < -0.39 is 12.2 Å². The molecule has 0 spiro atoms. The fourth-order valence-electron chi connectivity index (χ4n) is 5.66. The highest BCUT2D eigenvalue weighted by Crippen LogP contribution is 2.40. The molecule has 3 fully saturated rings. The van der Waals surface area contributed by atoms with E-state index >= 15 is 0 Å². The number of ether oxygens (including phenoxy) is 4. The maximum atomic E-state index is 10.9. The Bertz CT molecular complexity index is 760. The summed E-state index contributed by atoms with van der Waals surface area (Å²) in [7, 11) is 0. The van der Waals surface area contributed by atoms with Crippen LogP contribution in [0, 0.1) is 11.8 Å². The Labute approximate surface area is 215 Å². The minimum Gasteiger partial charge on any atom is -0.394 e. The van der Waals surface area contributed by atoms with Crippen molar-refractivity contribution in [2.24, 2.45) is 11.8 Å². The highest BCUT2D eigenvalue weighted by Gasteiger charge is 2.43. The lowest BCUT2D eigenvalue weighted by atomic mass is 9.87. The van der Waals surface area contributed by atoms with E-state index in [0.29, 0.717) is 19.4 Å². The fourth-order valence-corrected chi connectivity index (χ4v) is 5.66. The summed E-state index contributed by atoms with van der Waals surface area (Å²) in [6, 6.07) is 10.4. The van der Waals surface area contributed by atoms with Gasteiger partial charge in [-0.15, -0.1) is 0 Å². The number of aliphatic hydroxyl groups excluding tert-OH is 3. The molecule has 3 aliphatic rings. The number of hydrogen-bond donors (Lipinski definition) is 3. The first kappa shape index (κ1) is 27.7. The Hall–Kier alpha value is -1.32. The minimum absolute atomic E-state index is 0.109. The molecule has 36 heavy (non-hydrogen) atoms. The molecule has 0 bridgehead atoms. The van der Waals surface area contributed by atoms with Crippen LogP contribution >= 0.6 is 0 Å². The Morgan fingerprint density at radius 1 is 1.00 bits per heavy atom. The largest absolute Gasteiger partial charge is 0.394 e. The Kier molecular flexibility index (Phi) is 11.2. The number of aliphatic hydroxyl groups is 3. The molecule has 7 heteroatoms. The highest BCUT2D eigenvalue weighted by molar-refractivity contribution is 5.15. The molecule has 1 aromatic rings. The van der Waals surface area contributed by atoms with Gasteiger partial charge in [0.15, 0.2) is 12.6 Å². The van der Waals surface area contributed by atoms with E-state index in [1.54, 1.807) is 0 Å². The van der Waals surface area contributed by atoms with Gasteiger partial charge in [0.25, 0.3) is 0 Å². The van der Waals surface area contributed by atoms with Gasteiger partial charge in [0.2, 0.25) is 0 Å². The van der Waals surface area contributed by atoms with Crippen molar-refractivity contribution in [3.05, 3.63) is 48.0 Å². The maximum absolute atomic E-state index is 10.9. The molecule has 0 amide bonds. The smallest absolute Gasteiger partial charge is 0.158 e. The van der Waals surface area contributed by atoms with Crippen LogP contribution in [0.1, 0.15) is 63.4 Å². The third kappa shape index (κ3) is 8.35. The van der Waals surface area contributed by atoms with E-state index in [0.717, 1.165) is 58.0 Å². The monoisotopic (exact) mass is 504 g/mol. The Morgan fingerprint density at radius 3 is 2.39 bits per heavy atom. The quantitative estimate of drug-likeness (QED) is 0.373. The SMILES string of the molecule is OCC(O)C[C@@H]1[C@@H](C=C[C@H](CCc2ccccc2)OC2CCCCO2)[C@H](OC2CCCCO2)C[C@@H]1O. The van der Waals surface area contributed by atoms with Crippen LogP contribution in [0.5, 0.6) is 0 Å². The normalized spacial score (nSPS) is 33.1. The van der Waals surface area contributed by atoms with Crippen molar-refractivity contribution in [2.75, 3.05) is 19.8 Å². The zero-order valence-corrected chi connectivity index (χ0v) is 21.3. The van der Waals surface area contributed by atoms with Crippen LogP contribution < -0.4 is 0 Å². The second-order valence-corrected chi connectivity index (χ2v) is 10.5. The maximum Gasteiger partial charge on any atom is 0.158 e. The third-order valence-electron chi connectivity index (χ3n) is 7.68. The van der Waals surface area contributed by atoms with Crippen LogP contribution in [0.3, 0.4) is 0 Å². The lowest BCUT2D eigenvalue weighted by molar-refractivity contribution is -0.193. The van der Waals surface area contributed by atoms with Gasteiger partial charge in [-0.3, -0.25) is 0 Å². The predicted molar refractivity (Wildman–Crippen MR) is 136 cm³/mol. The molecule has 1 saturated carbocycles. The standard InChI is InChI=1S/C29H44O7/c30-20-22(31)18-25-24(27(19-26(25)32)36-29-11-5-7-17-34-29)15-14-23(35-28-10-4-6-16-33-28)13-12-21-8-2-1-3-9-21/h1-3,8-9,14-15,22-32H,4-7,10-13,16-20H2/t22?,23-,24+,25+,26-,27+,28?,29?/m0/s1. The molecule has 0 aromatic heterocycles. The zero-order chi connectivity index (χ0) is 25.2. The number of hydrogen-bond acceptors (Lipinski definition) is 7. The van der Waals surface area contributed by atoms with Crippen molar-refractivity contribution >= 4 is 0 Å². The summed E-state index contributed by atoms with van der Waals surface area (Å²) in [6.07, 6.45) is 10.5. The van der Waals surface area contributed by atoms with E-state index in [1.807, 2.05) is 6.07 Å². The van der Waals surface area contributed by atoms with Crippen LogP contribution in [0.4, 0.5) is 0 Å². The summed E-state index contributed by atoms with van der Waals surface area (Å²) in [5.41, 5.74) is 1.26. The molecular formula is C29H44O7. The van der Waals surface area contributed by atoms with Gasteiger partial charge in [0, 0.05) is 25.6 Å². The van der Waals surface area contributed by atoms with E-state index in [-0.39, 0.29) is 43.2 Å². The van der Waals surface area contributed by atoms with Crippen molar-refractivity contribution in [2.45, 2.75) is 101 Å². The molecule has 3 N–H and O–H groups in total. The van der Waals surface area contributed by atoms with E-state index in [2.05, 4.69) is 36.4 Å². The first-order chi connectivity index (χ1) is 17.6. The van der Waals surface area contributed by atoms with Gasteiger partial charge in [0.1, 0.15) is 0 Å². The van der Waals surface area contributed by atoms with Crippen LogP contribution in [0.2, 0.25) is 0 Å². The predicted octanol–water partition coefficient (Wildman–Crippen LogP) is 3.74. The summed E-state index contributed by atoms with van der Waals surface area (Å²) in [5.74, 6) is -0.320. The van der Waals surface area contributed by atoms with Crippen molar-refractivity contribution in [1.82, 2.24) is 0 Å². The van der Waals surface area contributed by atoms with E-state index in [4.69, 9.17) is 18.9 Å². The molecule has 1 aromatic carbocycles. The lowest BCUT2D eigenvalue weighted by Gasteiger charge is -2.30. The van der Waals surface area contributed by atoms with Gasteiger partial charge in [-0.25, -0.2) is 0 Å². The van der Waals surface area contributed by atoms with Crippen LogP contribution in [0.25, 0.3) is 0 Å². The molecule has 2 aliphatic heterocycles. The highest BCUT2D eigenvalue weighted by atomic mass is 16.7. The van der Waals surface area contributed by atoms with E-state index in [9.17, 15) is 15.3 Å². The van der Waals surface area contributed by atoms with Crippen molar-refractivity contribution in [1.29, 1.82) is 0 Å². The van der Waals surface area contributed by atoms with Gasteiger partial charge in [-0.1, -0.05) is 42.5 Å². The molecule has 202 valence electrons. The lowest BCUT2D eigenvalue weighted by Crippen LogP contribution is -2.32.